The fourth-order valence-corrected chi connectivity index (χ4v) is 6.72. The molecule has 0 aliphatic rings. The number of aromatic nitrogens is 2. The van der Waals surface area contributed by atoms with Crippen molar-refractivity contribution in [3.63, 3.8) is 0 Å². The average molecular weight is 688 g/mol. The van der Waals surface area contributed by atoms with Crippen molar-refractivity contribution in [1.82, 2.24) is 10.2 Å². The molecular weight excluding hydrogens is 660 g/mol. The lowest BCUT2D eigenvalue weighted by Crippen LogP contribution is -2.11. The Morgan fingerprint density at radius 3 is 2.23 bits per heavy atom. The van der Waals surface area contributed by atoms with Gasteiger partial charge in [-0.1, -0.05) is 57.2 Å². The van der Waals surface area contributed by atoms with Crippen LogP contribution in [0.1, 0.15) is 10.6 Å². The SMILES string of the molecule is COc1cc(OC)c2c(=O)c(OCc3nnc(SCc4ccccc4Br)s3)c(-c3cc(OC)c(OC)c(OC)c3)oc2c1. The summed E-state index contributed by atoms with van der Waals surface area (Å²) in [6.45, 7) is -0.0145. The van der Waals surface area contributed by atoms with E-state index < -0.39 is 5.43 Å². The molecule has 0 saturated heterocycles. The van der Waals surface area contributed by atoms with Crippen LogP contribution in [0, 0.1) is 0 Å². The van der Waals surface area contributed by atoms with Crippen molar-refractivity contribution in [2.45, 2.75) is 16.7 Å². The van der Waals surface area contributed by atoms with E-state index in [0.29, 0.717) is 33.6 Å². The Bertz CT molecular complexity index is 1800. The fourth-order valence-electron chi connectivity index (χ4n) is 4.30. The Morgan fingerprint density at radius 1 is 0.860 bits per heavy atom. The highest BCUT2D eigenvalue weighted by Crippen LogP contribution is 2.44. The van der Waals surface area contributed by atoms with Crippen molar-refractivity contribution in [2.75, 3.05) is 35.5 Å². The third-order valence-electron chi connectivity index (χ3n) is 6.37. The highest BCUT2D eigenvalue weighted by atomic mass is 79.9. The van der Waals surface area contributed by atoms with E-state index in [4.69, 9.17) is 32.8 Å². The Kier molecular flexibility index (Phi) is 9.63. The van der Waals surface area contributed by atoms with Crippen molar-refractivity contribution >= 4 is 50.0 Å². The van der Waals surface area contributed by atoms with Crippen LogP contribution in [0.2, 0.25) is 0 Å². The first-order valence-corrected chi connectivity index (χ1v) is 15.3. The number of ether oxygens (including phenoxy) is 6. The molecule has 224 valence electrons. The Labute approximate surface area is 264 Å². The zero-order valence-corrected chi connectivity index (χ0v) is 27.1. The van der Waals surface area contributed by atoms with E-state index in [1.54, 1.807) is 36.0 Å². The predicted octanol–water partition coefficient (Wildman–Crippen LogP) is 6.99. The van der Waals surface area contributed by atoms with Gasteiger partial charge >= 0.3 is 0 Å². The number of halogens is 1. The van der Waals surface area contributed by atoms with Gasteiger partial charge < -0.3 is 32.8 Å². The van der Waals surface area contributed by atoms with Crippen molar-refractivity contribution < 1.29 is 32.8 Å². The molecule has 5 rings (SSSR count). The third-order valence-corrected chi connectivity index (χ3v) is 9.22. The molecule has 5 aromatic rings. The van der Waals surface area contributed by atoms with Crippen molar-refractivity contribution in [1.29, 1.82) is 0 Å². The molecule has 2 aromatic heterocycles. The minimum absolute atomic E-state index is 0.0145. The van der Waals surface area contributed by atoms with Crippen LogP contribution in [0.3, 0.4) is 0 Å². The maximum absolute atomic E-state index is 14.0. The topological polar surface area (TPSA) is 111 Å². The fraction of sp³-hybridized carbons (Fsp3) is 0.233. The molecule has 0 aliphatic heterocycles. The van der Waals surface area contributed by atoms with E-state index in [1.807, 2.05) is 18.2 Å². The van der Waals surface area contributed by atoms with Crippen LogP contribution in [-0.2, 0) is 12.4 Å². The van der Waals surface area contributed by atoms with Crippen molar-refractivity contribution in [2.24, 2.45) is 0 Å². The summed E-state index contributed by atoms with van der Waals surface area (Å²) in [4.78, 5) is 14.0. The number of thioether (sulfide) groups is 1. The Hall–Kier alpha value is -3.94. The molecule has 3 aromatic carbocycles. The number of methoxy groups -OCH3 is 5. The first kappa shape index (κ1) is 30.5. The summed E-state index contributed by atoms with van der Waals surface area (Å²) in [5, 5.41) is 9.36. The van der Waals surface area contributed by atoms with Crippen LogP contribution in [0.15, 0.2) is 66.6 Å². The average Bonchev–Trinajstić information content (AvgIpc) is 3.49. The summed E-state index contributed by atoms with van der Waals surface area (Å²) in [5.41, 5.74) is 1.43. The van der Waals surface area contributed by atoms with Gasteiger partial charge in [-0.05, 0) is 23.8 Å². The second-order valence-corrected chi connectivity index (χ2v) is 12.0. The van der Waals surface area contributed by atoms with Crippen LogP contribution in [0.25, 0.3) is 22.3 Å². The van der Waals surface area contributed by atoms with Gasteiger partial charge in [0.05, 0.1) is 35.5 Å². The van der Waals surface area contributed by atoms with Gasteiger partial charge in [-0.15, -0.1) is 10.2 Å². The van der Waals surface area contributed by atoms with Crippen LogP contribution in [-0.4, -0.2) is 45.7 Å². The van der Waals surface area contributed by atoms with Gasteiger partial charge in [-0.25, -0.2) is 0 Å². The number of rotatable bonds is 12. The molecule has 0 aliphatic carbocycles. The number of hydrogen-bond acceptors (Lipinski definition) is 12. The van der Waals surface area contributed by atoms with Crippen molar-refractivity contribution in [3.05, 3.63) is 73.8 Å². The lowest BCUT2D eigenvalue weighted by molar-refractivity contribution is 0.295. The smallest absolute Gasteiger partial charge is 0.239 e. The van der Waals surface area contributed by atoms with Gasteiger partial charge in [0.15, 0.2) is 26.6 Å². The number of hydrogen-bond donors (Lipinski definition) is 0. The van der Waals surface area contributed by atoms with E-state index >= 15 is 0 Å². The number of benzene rings is 3. The Balaban J connectivity index is 1.55. The first-order chi connectivity index (χ1) is 20.9. The molecule has 0 unspecified atom stereocenters. The molecule has 0 fully saturated rings. The molecule has 10 nitrogen and oxygen atoms in total. The molecule has 0 spiro atoms. The third kappa shape index (κ3) is 6.38. The lowest BCUT2D eigenvalue weighted by Gasteiger charge is -2.16. The highest BCUT2D eigenvalue weighted by Gasteiger charge is 2.25. The van der Waals surface area contributed by atoms with Gasteiger partial charge in [0, 0.05) is 27.9 Å². The van der Waals surface area contributed by atoms with E-state index in [1.165, 1.54) is 46.9 Å². The minimum atomic E-state index is -0.433. The molecule has 0 amide bonds. The van der Waals surface area contributed by atoms with Gasteiger partial charge in [0.1, 0.15) is 29.1 Å². The molecule has 0 N–H and O–H groups in total. The van der Waals surface area contributed by atoms with Gasteiger partial charge in [-0.3, -0.25) is 4.79 Å². The largest absolute Gasteiger partial charge is 0.496 e. The zero-order chi connectivity index (χ0) is 30.5. The van der Waals surface area contributed by atoms with E-state index in [9.17, 15) is 4.79 Å². The minimum Gasteiger partial charge on any atom is -0.496 e. The second-order valence-electron chi connectivity index (χ2n) is 8.84. The zero-order valence-electron chi connectivity index (χ0n) is 23.9. The Morgan fingerprint density at radius 2 is 1.58 bits per heavy atom. The van der Waals surface area contributed by atoms with Crippen LogP contribution in [0.4, 0.5) is 0 Å². The summed E-state index contributed by atoms with van der Waals surface area (Å²) < 4.78 is 41.8. The normalized spacial score (nSPS) is 10.9. The van der Waals surface area contributed by atoms with E-state index in [0.717, 1.165) is 20.1 Å². The van der Waals surface area contributed by atoms with Gasteiger partial charge in [0.2, 0.25) is 16.9 Å². The molecule has 2 heterocycles. The van der Waals surface area contributed by atoms with Gasteiger partial charge in [-0.2, -0.15) is 0 Å². The summed E-state index contributed by atoms with van der Waals surface area (Å²) in [6, 6.07) is 14.6. The number of nitrogens with zero attached hydrogens (tertiary/aromatic N) is 2. The molecule has 0 bridgehead atoms. The predicted molar refractivity (Wildman–Crippen MR) is 169 cm³/mol. The summed E-state index contributed by atoms with van der Waals surface area (Å²) >= 11 is 6.53. The maximum atomic E-state index is 14.0. The molecule has 13 heteroatoms. The lowest BCUT2D eigenvalue weighted by atomic mass is 10.1. The van der Waals surface area contributed by atoms with Crippen LogP contribution < -0.4 is 33.8 Å². The molecular formula is C30H27BrN2O8S2. The molecule has 0 atom stereocenters. The molecule has 0 saturated carbocycles. The quantitative estimate of drug-likeness (QED) is 0.127. The summed E-state index contributed by atoms with van der Waals surface area (Å²) in [6.07, 6.45) is 0. The molecule has 43 heavy (non-hydrogen) atoms. The van der Waals surface area contributed by atoms with Crippen LogP contribution in [0.5, 0.6) is 34.5 Å². The van der Waals surface area contributed by atoms with E-state index in [-0.39, 0.29) is 34.8 Å². The van der Waals surface area contributed by atoms with E-state index in [2.05, 4.69) is 32.2 Å². The highest BCUT2D eigenvalue weighted by molar-refractivity contribution is 9.10. The monoisotopic (exact) mass is 686 g/mol. The summed E-state index contributed by atoms with van der Waals surface area (Å²) in [7, 11) is 7.51. The van der Waals surface area contributed by atoms with Gasteiger partial charge in [0.25, 0.3) is 0 Å². The van der Waals surface area contributed by atoms with Crippen LogP contribution >= 0.6 is 39.0 Å². The van der Waals surface area contributed by atoms with Crippen molar-refractivity contribution in [3.8, 4) is 45.8 Å². The summed E-state index contributed by atoms with van der Waals surface area (Å²) in [5.74, 6) is 2.73. The second kappa shape index (κ2) is 13.6. The number of fused-ring (bicyclic) bond motifs is 1. The molecule has 0 radical (unpaired) electrons. The maximum Gasteiger partial charge on any atom is 0.239 e. The standard InChI is InChI=1S/C30H27BrN2O8S2/c1-35-18-12-20(36-2)25-21(13-18)41-27(17-10-22(37-3)28(39-5)23(11-17)38-4)29(26(25)34)40-14-24-32-33-30(43-24)42-15-16-8-6-7-9-19(16)31/h6-13H,14-15H2,1-5H3. The first-order valence-electron chi connectivity index (χ1n) is 12.7.